The molecule has 182 valence electrons. The van der Waals surface area contributed by atoms with Crippen molar-refractivity contribution in [1.82, 2.24) is 15.4 Å². The first kappa shape index (κ1) is 25.0. The van der Waals surface area contributed by atoms with E-state index in [4.69, 9.17) is 19.6 Å². The van der Waals surface area contributed by atoms with Crippen molar-refractivity contribution in [2.75, 3.05) is 26.8 Å². The molecule has 0 fully saturated rings. The summed E-state index contributed by atoms with van der Waals surface area (Å²) in [5, 5.41) is 20.4. The number of sulfonamides is 1. The van der Waals surface area contributed by atoms with Crippen LogP contribution in [0.25, 0.3) is 0 Å². The van der Waals surface area contributed by atoms with Crippen molar-refractivity contribution >= 4 is 21.8 Å². The van der Waals surface area contributed by atoms with Crippen LogP contribution >= 0.6 is 0 Å². The van der Waals surface area contributed by atoms with Gasteiger partial charge in [-0.1, -0.05) is 0 Å². The minimum Gasteiger partial charge on any atom is -0.491 e. The van der Waals surface area contributed by atoms with Gasteiger partial charge in [-0.25, -0.2) is 23.3 Å². The maximum absolute atomic E-state index is 12.7. The summed E-state index contributed by atoms with van der Waals surface area (Å²) in [6.45, 7) is 1.76. The maximum Gasteiger partial charge on any atom is 0.339 e. The molecule has 0 bridgehead atoms. The van der Waals surface area contributed by atoms with E-state index in [-0.39, 0.29) is 59.1 Å². The molecule has 6 N–H and O–H groups in total. The summed E-state index contributed by atoms with van der Waals surface area (Å²) in [4.78, 5) is 12.7. The number of amidine groups is 1. The molecule has 0 spiro atoms. The van der Waals surface area contributed by atoms with Crippen LogP contribution in [0.4, 0.5) is 0 Å². The zero-order chi connectivity index (χ0) is 24.7. The van der Waals surface area contributed by atoms with Gasteiger partial charge in [-0.3, -0.25) is 5.41 Å². The summed E-state index contributed by atoms with van der Waals surface area (Å²) in [6, 6.07) is 8.82. The molecule has 34 heavy (non-hydrogen) atoms. The molecule has 0 saturated heterocycles. The largest absolute Gasteiger partial charge is 0.491 e. The number of carbonyl (C=O) groups excluding carboxylic acids is 1. The molecular formula is C22H27N4O7S+. The van der Waals surface area contributed by atoms with E-state index in [0.717, 1.165) is 0 Å². The zero-order valence-electron chi connectivity index (χ0n) is 18.7. The highest BCUT2D eigenvalue weighted by atomic mass is 32.2. The van der Waals surface area contributed by atoms with E-state index in [2.05, 4.69) is 15.4 Å². The second kappa shape index (κ2) is 11.0. The van der Waals surface area contributed by atoms with Crippen LogP contribution in [0.1, 0.15) is 17.3 Å². The lowest BCUT2D eigenvalue weighted by Crippen LogP contribution is -2.49. The van der Waals surface area contributed by atoms with Gasteiger partial charge in [0.05, 0.1) is 12.2 Å². The van der Waals surface area contributed by atoms with E-state index < -0.39 is 22.0 Å². The number of amides is 1. The standard InChI is InChI=1S/C22H26N4O7S/c1-14(13-27)32-17-9-15(22(28)26-21(23)5-6-24-2)10-18(11-17)33-16-3-4-20-19(12-16)31-8-7-25-34(20,29)30/h3-6,9-12,14,24-25,27H,7-8,13H2,1-2H3,(H2,23,26,28)/p+1/b6-5-/t14-/m0/s1. The highest BCUT2D eigenvalue weighted by Gasteiger charge is 2.23. The Bertz CT molecular complexity index is 1200. The lowest BCUT2D eigenvalue weighted by atomic mass is 10.1. The molecule has 0 aromatic heterocycles. The van der Waals surface area contributed by atoms with Crippen molar-refractivity contribution in [3.05, 3.63) is 54.2 Å². The number of ether oxygens (including phenoxy) is 3. The van der Waals surface area contributed by atoms with Crippen molar-refractivity contribution in [2.45, 2.75) is 17.9 Å². The molecular weight excluding hydrogens is 464 g/mol. The molecule has 1 aliphatic rings. The van der Waals surface area contributed by atoms with Crippen molar-refractivity contribution in [1.29, 1.82) is 0 Å². The summed E-state index contributed by atoms with van der Waals surface area (Å²) in [5.41, 5.74) is 0.191. The van der Waals surface area contributed by atoms with E-state index in [9.17, 15) is 18.3 Å². The molecule has 2 aromatic rings. The Morgan fingerprint density at radius 2 is 2.03 bits per heavy atom. The number of hydrogen-bond acceptors (Lipinski definition) is 8. The summed E-state index contributed by atoms with van der Waals surface area (Å²) in [5.74, 6) is 0.582. The molecule has 1 heterocycles. The number of hydrogen-bond donors (Lipinski definition) is 5. The molecule has 11 nitrogen and oxygen atoms in total. The van der Waals surface area contributed by atoms with E-state index in [1.807, 2.05) is 0 Å². The van der Waals surface area contributed by atoms with E-state index >= 15 is 0 Å². The lowest BCUT2D eigenvalue weighted by molar-refractivity contribution is -0.115. The van der Waals surface area contributed by atoms with Gasteiger partial charge < -0.3 is 24.6 Å². The Hall–Kier alpha value is -3.61. The number of benzene rings is 2. The minimum absolute atomic E-state index is 0.00640. The predicted octanol–water partition coefficient (Wildman–Crippen LogP) is -0.470. The smallest absolute Gasteiger partial charge is 0.339 e. The van der Waals surface area contributed by atoms with Gasteiger partial charge in [0.1, 0.15) is 40.6 Å². The van der Waals surface area contributed by atoms with Crippen LogP contribution in [0.3, 0.4) is 0 Å². The normalized spacial score (nSPS) is 15.4. The van der Waals surface area contributed by atoms with Crippen LogP contribution in [0, 0.1) is 0 Å². The topological polar surface area (TPSA) is 161 Å². The number of nitrogens with two attached hydrogens (primary N) is 1. The minimum atomic E-state index is -3.68. The number of fused-ring (bicyclic) bond motifs is 1. The first-order valence-corrected chi connectivity index (χ1v) is 11.8. The van der Waals surface area contributed by atoms with E-state index in [0.29, 0.717) is 0 Å². The predicted molar refractivity (Wildman–Crippen MR) is 123 cm³/mol. The summed E-state index contributed by atoms with van der Waals surface area (Å²) in [7, 11) is -1.99. The molecule has 1 amide bonds. The quantitative estimate of drug-likeness (QED) is 0.245. The zero-order valence-corrected chi connectivity index (χ0v) is 19.5. The van der Waals surface area contributed by atoms with E-state index in [1.165, 1.54) is 36.4 Å². The molecule has 1 aliphatic heterocycles. The fraction of sp³-hybridized carbons (Fsp3) is 0.273. The number of rotatable bonds is 8. The fourth-order valence-electron chi connectivity index (χ4n) is 2.95. The summed E-state index contributed by atoms with van der Waals surface area (Å²) in [6.07, 6.45) is 2.52. The highest BCUT2D eigenvalue weighted by Crippen LogP contribution is 2.34. The molecule has 1 atom stereocenters. The number of nitrogens with one attached hydrogen (secondary N) is 3. The molecule has 0 radical (unpaired) electrons. The van der Waals surface area contributed by atoms with Gasteiger partial charge in [-0.05, 0) is 31.2 Å². The van der Waals surface area contributed by atoms with Crippen molar-refractivity contribution in [2.24, 2.45) is 0 Å². The molecule has 3 rings (SSSR count). The maximum atomic E-state index is 12.7. The Balaban J connectivity index is 1.91. The second-order valence-corrected chi connectivity index (χ2v) is 9.03. The van der Waals surface area contributed by atoms with Crippen LogP contribution in [0.15, 0.2) is 53.6 Å². The third-order valence-corrected chi connectivity index (χ3v) is 6.02. The monoisotopic (exact) mass is 491 g/mol. The van der Waals surface area contributed by atoms with Gasteiger partial charge in [0.25, 0.3) is 5.84 Å². The van der Waals surface area contributed by atoms with Crippen LogP contribution in [0.5, 0.6) is 23.0 Å². The molecule has 0 unspecified atom stereocenters. The van der Waals surface area contributed by atoms with Crippen LogP contribution in [0.2, 0.25) is 0 Å². The summed E-state index contributed by atoms with van der Waals surface area (Å²) >= 11 is 0. The van der Waals surface area contributed by atoms with Gasteiger partial charge in [-0.15, -0.1) is 0 Å². The van der Waals surface area contributed by atoms with Crippen LogP contribution in [-0.4, -0.2) is 58.2 Å². The van der Waals surface area contributed by atoms with Gasteiger partial charge in [0.15, 0.2) is 0 Å². The van der Waals surface area contributed by atoms with Crippen molar-refractivity contribution in [3.8, 4) is 23.0 Å². The SMILES string of the molecule is CN/C=C\C(=[NH2+])NC(=O)c1cc(Oc2ccc3c(c2)OCCNS3(=O)=O)cc(O[C@@H](C)CO)c1. The molecule has 0 aliphatic carbocycles. The first-order valence-electron chi connectivity index (χ1n) is 10.4. The Morgan fingerprint density at radius 1 is 1.26 bits per heavy atom. The molecule has 2 aromatic carbocycles. The molecule has 0 saturated carbocycles. The number of carbonyl (C=O) groups is 1. The third-order valence-electron chi connectivity index (χ3n) is 4.52. The second-order valence-electron chi connectivity index (χ2n) is 7.29. The molecule has 12 heteroatoms. The first-order chi connectivity index (χ1) is 16.2. The van der Waals surface area contributed by atoms with Gasteiger partial charge in [-0.2, -0.15) is 0 Å². The van der Waals surface area contributed by atoms with Gasteiger partial charge in [0.2, 0.25) is 10.0 Å². The van der Waals surface area contributed by atoms with Crippen molar-refractivity contribution < 1.29 is 37.9 Å². The van der Waals surface area contributed by atoms with Gasteiger partial charge >= 0.3 is 5.91 Å². The summed E-state index contributed by atoms with van der Waals surface area (Å²) < 4.78 is 44.1. The number of aliphatic hydroxyl groups excluding tert-OH is 1. The van der Waals surface area contributed by atoms with Gasteiger partial charge in [0, 0.05) is 38.0 Å². The van der Waals surface area contributed by atoms with Crippen molar-refractivity contribution in [3.63, 3.8) is 0 Å². The Labute approximate surface area is 197 Å². The Kier molecular flexibility index (Phi) is 8.10. The fourth-order valence-corrected chi connectivity index (χ4v) is 4.09. The third kappa shape index (κ3) is 6.47. The lowest BCUT2D eigenvalue weighted by Gasteiger charge is -2.15. The Morgan fingerprint density at radius 3 is 2.76 bits per heavy atom. The average molecular weight is 492 g/mol. The van der Waals surface area contributed by atoms with Crippen LogP contribution < -0.4 is 35.0 Å². The van der Waals surface area contributed by atoms with Crippen LogP contribution in [-0.2, 0) is 10.0 Å². The highest BCUT2D eigenvalue weighted by molar-refractivity contribution is 7.89. The van der Waals surface area contributed by atoms with E-state index in [1.54, 1.807) is 26.2 Å². The average Bonchev–Trinajstić information content (AvgIpc) is 2.94. The number of aliphatic hydroxyl groups is 1.